The fourth-order valence-electron chi connectivity index (χ4n) is 2.47. The number of aliphatic hydroxyl groups is 1. The summed E-state index contributed by atoms with van der Waals surface area (Å²) in [6.45, 7) is 15.3. The lowest BCUT2D eigenvalue weighted by atomic mass is 9.90. The van der Waals surface area contributed by atoms with Crippen LogP contribution in [-0.2, 0) is 0 Å². The second kappa shape index (κ2) is 15.1. The number of aliphatic hydroxyl groups excluding tert-OH is 1. The molecule has 0 radical (unpaired) electrons. The first kappa shape index (κ1) is 27.2. The van der Waals surface area contributed by atoms with Crippen LogP contribution < -0.4 is 10.1 Å². The fourth-order valence-corrected chi connectivity index (χ4v) is 2.47. The Labute approximate surface area is 179 Å². The second-order valence-corrected chi connectivity index (χ2v) is 8.52. The van der Waals surface area contributed by atoms with E-state index in [2.05, 4.69) is 51.7 Å². The molecule has 1 aliphatic rings. The van der Waals surface area contributed by atoms with Crippen molar-refractivity contribution in [2.45, 2.75) is 72.8 Å². The van der Waals surface area contributed by atoms with Crippen molar-refractivity contribution in [2.75, 3.05) is 13.7 Å². The van der Waals surface area contributed by atoms with E-state index in [0.717, 1.165) is 12.7 Å². The van der Waals surface area contributed by atoms with Crippen molar-refractivity contribution in [1.29, 1.82) is 0 Å². The molecule has 168 valence electrons. The Hall–Kier alpha value is -1.81. The summed E-state index contributed by atoms with van der Waals surface area (Å²) in [4.78, 5) is 0. The molecule has 0 aliphatic heterocycles. The van der Waals surface area contributed by atoms with Gasteiger partial charge < -0.3 is 15.2 Å². The molecule has 0 spiro atoms. The van der Waals surface area contributed by atoms with E-state index < -0.39 is 0 Å². The standard InChI is InChI=1S/C14H18FNO.C10H20.CH4O.H2/c1-3-16-10(2)12-6-7-13(15)14(8-12)17-9-11-4-5-11;1-5-6-7-8-9-10(2,3)4;1-2;/h3,6-8,10-11,16H,1,4-5,9H2,2H3;6-7H,5,8-9H2,1-4H3;2H,1H3;1H/b;7-6+;;/t10-;;;/m1.../s1. The van der Waals surface area contributed by atoms with Crippen molar-refractivity contribution in [3.63, 3.8) is 0 Å². The number of rotatable bonds is 9. The Morgan fingerprint density at radius 3 is 2.48 bits per heavy atom. The molecule has 1 fully saturated rings. The van der Waals surface area contributed by atoms with Crippen LogP contribution in [0.2, 0.25) is 0 Å². The van der Waals surface area contributed by atoms with Crippen molar-refractivity contribution in [3.8, 4) is 5.75 Å². The van der Waals surface area contributed by atoms with Crippen LogP contribution in [0.5, 0.6) is 5.75 Å². The van der Waals surface area contributed by atoms with E-state index in [1.807, 2.05) is 6.92 Å². The van der Waals surface area contributed by atoms with Gasteiger partial charge in [0.25, 0.3) is 0 Å². The van der Waals surface area contributed by atoms with Crippen molar-refractivity contribution in [1.82, 2.24) is 5.32 Å². The lowest BCUT2D eigenvalue weighted by Gasteiger charge is -2.15. The molecule has 0 heterocycles. The first-order valence-corrected chi connectivity index (χ1v) is 10.7. The lowest BCUT2D eigenvalue weighted by molar-refractivity contribution is 0.285. The topological polar surface area (TPSA) is 41.5 Å². The van der Waals surface area contributed by atoms with Crippen LogP contribution in [0.1, 0.15) is 79.8 Å². The minimum Gasteiger partial charge on any atom is -0.490 e. The highest BCUT2D eigenvalue weighted by molar-refractivity contribution is 5.32. The van der Waals surface area contributed by atoms with E-state index in [1.165, 1.54) is 38.2 Å². The zero-order valence-corrected chi connectivity index (χ0v) is 19.3. The quantitative estimate of drug-likeness (QED) is 0.430. The summed E-state index contributed by atoms with van der Waals surface area (Å²) in [5.74, 6) is 0.689. The van der Waals surface area contributed by atoms with E-state index in [4.69, 9.17) is 9.84 Å². The highest BCUT2D eigenvalue weighted by Gasteiger charge is 2.22. The first-order valence-electron chi connectivity index (χ1n) is 10.7. The van der Waals surface area contributed by atoms with Gasteiger partial charge in [0.15, 0.2) is 11.6 Å². The largest absolute Gasteiger partial charge is 0.490 e. The summed E-state index contributed by atoms with van der Waals surface area (Å²) >= 11 is 0. The molecule has 0 bridgehead atoms. The molecule has 0 unspecified atom stereocenters. The minimum atomic E-state index is -0.291. The molecule has 4 heteroatoms. The van der Waals surface area contributed by atoms with Crippen LogP contribution in [0, 0.1) is 17.2 Å². The molecule has 2 N–H and O–H groups in total. The third kappa shape index (κ3) is 13.9. The predicted molar refractivity (Wildman–Crippen MR) is 125 cm³/mol. The van der Waals surface area contributed by atoms with Gasteiger partial charge >= 0.3 is 0 Å². The van der Waals surface area contributed by atoms with Crippen LogP contribution in [0.4, 0.5) is 4.39 Å². The normalized spacial score (nSPS) is 14.2. The Kier molecular flexibility index (Phi) is 14.1. The molecule has 0 amide bonds. The van der Waals surface area contributed by atoms with Crippen molar-refractivity contribution in [2.24, 2.45) is 11.3 Å². The van der Waals surface area contributed by atoms with Gasteiger partial charge in [-0.1, -0.05) is 52.5 Å². The maximum absolute atomic E-state index is 13.5. The maximum Gasteiger partial charge on any atom is 0.165 e. The van der Waals surface area contributed by atoms with Crippen LogP contribution in [0.3, 0.4) is 0 Å². The molecule has 1 saturated carbocycles. The van der Waals surface area contributed by atoms with E-state index in [-0.39, 0.29) is 13.3 Å². The van der Waals surface area contributed by atoms with Crippen molar-refractivity contribution in [3.05, 3.63) is 54.5 Å². The minimum absolute atomic E-state index is 0. The fraction of sp³-hybridized carbons (Fsp3) is 0.600. The number of benzene rings is 1. The number of halogens is 1. The third-order valence-corrected chi connectivity index (χ3v) is 4.46. The van der Waals surface area contributed by atoms with Gasteiger partial charge in [-0.2, -0.15) is 0 Å². The third-order valence-electron chi connectivity index (χ3n) is 4.46. The number of hydrogen-bond acceptors (Lipinski definition) is 3. The SMILES string of the molecule is C=CN[C@H](C)c1ccc(F)c(OCC2CC2)c1.CC/C=C/CCC(C)(C)C.CO.[HH]. The van der Waals surface area contributed by atoms with Crippen molar-refractivity contribution < 1.29 is 15.7 Å². The van der Waals surface area contributed by atoms with Gasteiger partial charge in [0.05, 0.1) is 6.61 Å². The van der Waals surface area contributed by atoms with E-state index >= 15 is 0 Å². The van der Waals surface area contributed by atoms with Gasteiger partial charge in [0, 0.05) is 14.6 Å². The number of ether oxygens (including phenoxy) is 1. The molecule has 3 nitrogen and oxygen atoms in total. The zero-order chi connectivity index (χ0) is 22.3. The molecular weight excluding hydrogens is 365 g/mol. The highest BCUT2D eigenvalue weighted by atomic mass is 19.1. The Morgan fingerprint density at radius 2 is 1.97 bits per heavy atom. The van der Waals surface area contributed by atoms with Gasteiger partial charge in [-0.25, -0.2) is 4.39 Å². The smallest absolute Gasteiger partial charge is 0.165 e. The molecule has 2 rings (SSSR count). The van der Waals surface area contributed by atoms with E-state index in [0.29, 0.717) is 23.7 Å². The average Bonchev–Trinajstić information content (AvgIpc) is 3.51. The van der Waals surface area contributed by atoms with Gasteiger partial charge in [-0.3, -0.25) is 0 Å². The first-order chi connectivity index (χ1) is 13.8. The van der Waals surface area contributed by atoms with Gasteiger partial charge in [-0.05, 0) is 74.3 Å². The van der Waals surface area contributed by atoms with E-state index in [1.54, 1.807) is 18.3 Å². The molecule has 1 atom stereocenters. The molecule has 0 aromatic heterocycles. The maximum atomic E-state index is 13.5. The predicted octanol–water partition coefficient (Wildman–Crippen LogP) is 7.04. The molecule has 1 aromatic carbocycles. The van der Waals surface area contributed by atoms with Crippen LogP contribution in [0.25, 0.3) is 0 Å². The number of nitrogens with one attached hydrogen (secondary N) is 1. The Bertz CT molecular complexity index is 595. The number of hydrogen-bond donors (Lipinski definition) is 2. The van der Waals surface area contributed by atoms with Gasteiger partial charge in [0.2, 0.25) is 0 Å². The summed E-state index contributed by atoms with van der Waals surface area (Å²) < 4.78 is 19.0. The van der Waals surface area contributed by atoms with Crippen LogP contribution >= 0.6 is 0 Å². The van der Waals surface area contributed by atoms with Crippen molar-refractivity contribution >= 4 is 0 Å². The summed E-state index contributed by atoms with van der Waals surface area (Å²) in [5.41, 5.74) is 1.50. The molecule has 29 heavy (non-hydrogen) atoms. The van der Waals surface area contributed by atoms with Crippen LogP contribution in [-0.4, -0.2) is 18.8 Å². The molecule has 1 aliphatic carbocycles. The Morgan fingerprint density at radius 1 is 1.31 bits per heavy atom. The van der Waals surface area contributed by atoms with Gasteiger partial charge in [0.1, 0.15) is 0 Å². The summed E-state index contributed by atoms with van der Waals surface area (Å²) in [6.07, 6.45) is 12.3. The molecule has 1 aromatic rings. The highest BCUT2D eigenvalue weighted by Crippen LogP contribution is 2.31. The summed E-state index contributed by atoms with van der Waals surface area (Å²) in [6, 6.07) is 5.09. The summed E-state index contributed by atoms with van der Waals surface area (Å²) in [5, 5.41) is 10.1. The monoisotopic (exact) mass is 409 g/mol. The average molecular weight is 410 g/mol. The van der Waals surface area contributed by atoms with Gasteiger partial charge in [-0.15, -0.1) is 0 Å². The zero-order valence-electron chi connectivity index (χ0n) is 19.3. The molecule has 0 saturated heterocycles. The lowest BCUT2D eigenvalue weighted by Crippen LogP contribution is -2.11. The van der Waals surface area contributed by atoms with E-state index in [9.17, 15) is 4.39 Å². The summed E-state index contributed by atoms with van der Waals surface area (Å²) in [7, 11) is 1.00. The van der Waals surface area contributed by atoms with Crippen LogP contribution in [0.15, 0.2) is 43.1 Å². The number of allylic oxidation sites excluding steroid dienone is 2. The second-order valence-electron chi connectivity index (χ2n) is 8.52. The molecular formula is C25H44FNO2. The Balaban J connectivity index is 0.